The van der Waals surface area contributed by atoms with Crippen molar-refractivity contribution in [3.05, 3.63) is 42.0 Å². The van der Waals surface area contributed by atoms with Gasteiger partial charge >= 0.3 is 6.09 Å². The van der Waals surface area contributed by atoms with E-state index in [-0.39, 0.29) is 0 Å². The van der Waals surface area contributed by atoms with Crippen LogP contribution in [-0.4, -0.2) is 12.7 Å². The summed E-state index contributed by atoms with van der Waals surface area (Å²) >= 11 is 0. The predicted molar refractivity (Wildman–Crippen MR) is 74.3 cm³/mol. The van der Waals surface area contributed by atoms with Gasteiger partial charge in [-0.1, -0.05) is 36.4 Å². The van der Waals surface area contributed by atoms with Crippen LogP contribution in [0.1, 0.15) is 38.8 Å². The quantitative estimate of drug-likeness (QED) is 0.881. The van der Waals surface area contributed by atoms with Crippen LogP contribution in [0.2, 0.25) is 0 Å². The number of carbonyl (C=O) groups excluding carboxylic acids is 1. The van der Waals surface area contributed by atoms with Crippen molar-refractivity contribution in [2.45, 2.75) is 33.2 Å². The number of rotatable bonds is 4. The molecule has 0 aliphatic heterocycles. The van der Waals surface area contributed by atoms with Crippen molar-refractivity contribution in [2.24, 2.45) is 0 Å². The third-order valence-corrected chi connectivity index (χ3v) is 2.75. The van der Waals surface area contributed by atoms with Crippen LogP contribution in [0.15, 0.2) is 30.8 Å². The highest BCUT2D eigenvalue weighted by Crippen LogP contribution is 2.27. The monoisotopic (exact) mass is 247 g/mol. The maximum Gasteiger partial charge on any atom is 0.407 e. The molecular weight excluding hydrogens is 226 g/mol. The third kappa shape index (κ3) is 3.36. The number of hydrogen-bond donors (Lipinski definition) is 1. The number of ether oxygens (including phenoxy) is 1. The molecule has 1 aromatic rings. The Labute approximate surface area is 109 Å². The Hall–Kier alpha value is -1.77. The largest absolute Gasteiger partial charge is 0.450 e. The molecule has 1 aromatic carbocycles. The molecule has 1 rings (SSSR count). The maximum atomic E-state index is 11.6. The molecular formula is C15H21NO2. The summed E-state index contributed by atoms with van der Waals surface area (Å²) in [5.74, 6) is 0. The van der Waals surface area contributed by atoms with Crippen molar-refractivity contribution in [2.75, 3.05) is 6.61 Å². The first kappa shape index (κ1) is 14.3. The fraction of sp³-hybridized carbons (Fsp3) is 0.400. The minimum atomic E-state index is -0.498. The van der Waals surface area contributed by atoms with Crippen molar-refractivity contribution < 1.29 is 9.53 Å². The zero-order valence-electron chi connectivity index (χ0n) is 11.5. The summed E-state index contributed by atoms with van der Waals surface area (Å²) in [6, 6.07) is 7.92. The summed E-state index contributed by atoms with van der Waals surface area (Å²) in [5, 5.41) is 2.87. The van der Waals surface area contributed by atoms with Crippen molar-refractivity contribution in [3.63, 3.8) is 0 Å². The molecule has 0 radical (unpaired) electrons. The summed E-state index contributed by atoms with van der Waals surface area (Å²) in [5.41, 5.74) is 2.57. The summed E-state index contributed by atoms with van der Waals surface area (Å²) in [7, 11) is 0. The lowest BCUT2D eigenvalue weighted by Crippen LogP contribution is -2.41. The molecule has 1 N–H and O–H groups in total. The van der Waals surface area contributed by atoms with Gasteiger partial charge in [-0.3, -0.25) is 0 Å². The van der Waals surface area contributed by atoms with E-state index in [4.69, 9.17) is 4.74 Å². The van der Waals surface area contributed by atoms with E-state index in [9.17, 15) is 4.79 Å². The number of alkyl carbamates (subject to hydrolysis) is 1. The molecule has 0 atom stereocenters. The van der Waals surface area contributed by atoms with Crippen LogP contribution in [0, 0.1) is 0 Å². The van der Waals surface area contributed by atoms with E-state index in [0.717, 1.165) is 16.7 Å². The lowest BCUT2D eigenvalue weighted by Gasteiger charge is -2.28. The molecule has 18 heavy (non-hydrogen) atoms. The van der Waals surface area contributed by atoms with Crippen LogP contribution < -0.4 is 5.32 Å². The van der Waals surface area contributed by atoms with Crippen LogP contribution in [0.5, 0.6) is 0 Å². The molecule has 0 bridgehead atoms. The van der Waals surface area contributed by atoms with Crippen molar-refractivity contribution in [3.8, 4) is 0 Å². The number of carbonyl (C=O) groups is 1. The topological polar surface area (TPSA) is 38.3 Å². The van der Waals surface area contributed by atoms with Crippen LogP contribution in [0.25, 0.3) is 5.57 Å². The molecule has 0 saturated carbocycles. The highest BCUT2D eigenvalue weighted by Gasteiger charge is 2.25. The molecule has 1 amide bonds. The minimum absolute atomic E-state index is 0.365. The van der Waals surface area contributed by atoms with Crippen molar-refractivity contribution in [1.29, 1.82) is 0 Å². The first-order chi connectivity index (χ1) is 8.38. The van der Waals surface area contributed by atoms with Gasteiger partial charge in [0.15, 0.2) is 0 Å². The zero-order valence-corrected chi connectivity index (χ0v) is 11.5. The first-order valence-electron chi connectivity index (χ1n) is 6.08. The number of amides is 1. The van der Waals surface area contributed by atoms with Gasteiger partial charge in [-0.2, -0.15) is 0 Å². The average Bonchev–Trinajstić information content (AvgIpc) is 2.28. The average molecular weight is 247 g/mol. The Bertz CT molecular complexity index is 450. The van der Waals surface area contributed by atoms with E-state index in [0.29, 0.717) is 6.61 Å². The van der Waals surface area contributed by atoms with E-state index >= 15 is 0 Å². The van der Waals surface area contributed by atoms with E-state index in [1.54, 1.807) is 6.92 Å². The second-order valence-electron chi connectivity index (χ2n) is 4.80. The predicted octanol–water partition coefficient (Wildman–Crippen LogP) is 3.70. The molecule has 0 heterocycles. The van der Waals surface area contributed by atoms with Gasteiger partial charge in [0.05, 0.1) is 12.1 Å². The third-order valence-electron chi connectivity index (χ3n) is 2.75. The molecule has 0 fully saturated rings. The molecule has 3 nitrogen and oxygen atoms in total. The Balaban J connectivity index is 3.04. The SMILES string of the molecule is C=C(C)c1ccccc1C(C)(C)NC(=O)OCC. The Morgan fingerprint density at radius 3 is 2.56 bits per heavy atom. The molecule has 0 unspecified atom stereocenters. The smallest absolute Gasteiger partial charge is 0.407 e. The van der Waals surface area contributed by atoms with Crippen LogP contribution in [0.3, 0.4) is 0 Å². The van der Waals surface area contributed by atoms with Crippen LogP contribution in [0.4, 0.5) is 4.79 Å². The van der Waals surface area contributed by atoms with Gasteiger partial charge in [-0.15, -0.1) is 0 Å². The Morgan fingerprint density at radius 1 is 1.39 bits per heavy atom. The summed E-state index contributed by atoms with van der Waals surface area (Å²) in [6.45, 7) is 12.0. The normalized spacial score (nSPS) is 10.9. The van der Waals surface area contributed by atoms with Gasteiger partial charge in [-0.25, -0.2) is 4.79 Å². The molecule has 0 spiro atoms. The van der Waals surface area contributed by atoms with Crippen LogP contribution >= 0.6 is 0 Å². The van der Waals surface area contributed by atoms with E-state index in [1.165, 1.54) is 0 Å². The summed E-state index contributed by atoms with van der Waals surface area (Å²) in [4.78, 5) is 11.6. The lowest BCUT2D eigenvalue weighted by atomic mass is 9.88. The zero-order chi connectivity index (χ0) is 13.8. The maximum absolute atomic E-state index is 11.6. The summed E-state index contributed by atoms with van der Waals surface area (Å²) in [6.07, 6.45) is -0.404. The number of benzene rings is 1. The van der Waals surface area contributed by atoms with E-state index in [2.05, 4.69) is 11.9 Å². The molecule has 98 valence electrons. The fourth-order valence-corrected chi connectivity index (χ4v) is 1.89. The Morgan fingerprint density at radius 2 is 2.00 bits per heavy atom. The van der Waals surface area contributed by atoms with Gasteiger partial charge in [-0.05, 0) is 38.8 Å². The Kier molecular flexibility index (Phi) is 4.54. The number of allylic oxidation sites excluding steroid dienone is 1. The van der Waals surface area contributed by atoms with Crippen LogP contribution in [-0.2, 0) is 10.3 Å². The summed E-state index contributed by atoms with van der Waals surface area (Å²) < 4.78 is 4.93. The van der Waals surface area contributed by atoms with E-state index < -0.39 is 11.6 Å². The van der Waals surface area contributed by atoms with Gasteiger partial charge in [0.25, 0.3) is 0 Å². The number of nitrogens with one attached hydrogen (secondary N) is 1. The first-order valence-corrected chi connectivity index (χ1v) is 6.08. The number of hydrogen-bond acceptors (Lipinski definition) is 2. The fourth-order valence-electron chi connectivity index (χ4n) is 1.89. The molecule has 0 aliphatic carbocycles. The standard InChI is InChI=1S/C15H21NO2/c1-6-18-14(17)16-15(4,5)13-10-8-7-9-12(13)11(2)3/h7-10H,2,6H2,1,3-5H3,(H,16,17). The van der Waals surface area contributed by atoms with Gasteiger partial charge in [0.2, 0.25) is 0 Å². The molecule has 0 aromatic heterocycles. The highest BCUT2D eigenvalue weighted by atomic mass is 16.5. The van der Waals surface area contributed by atoms with Crippen molar-refractivity contribution >= 4 is 11.7 Å². The van der Waals surface area contributed by atoms with Gasteiger partial charge < -0.3 is 10.1 Å². The second-order valence-corrected chi connectivity index (χ2v) is 4.80. The molecule has 3 heteroatoms. The molecule has 0 aliphatic rings. The molecule has 0 saturated heterocycles. The van der Waals surface area contributed by atoms with E-state index in [1.807, 2.05) is 45.0 Å². The minimum Gasteiger partial charge on any atom is -0.450 e. The van der Waals surface area contributed by atoms with Crippen molar-refractivity contribution in [1.82, 2.24) is 5.32 Å². The second kappa shape index (κ2) is 5.71. The highest BCUT2D eigenvalue weighted by molar-refractivity contribution is 5.71. The van der Waals surface area contributed by atoms with Gasteiger partial charge in [0.1, 0.15) is 0 Å². The lowest BCUT2D eigenvalue weighted by molar-refractivity contribution is 0.141. The van der Waals surface area contributed by atoms with Gasteiger partial charge in [0, 0.05) is 0 Å².